The van der Waals surface area contributed by atoms with Crippen molar-refractivity contribution in [1.82, 2.24) is 10.3 Å². The maximum absolute atomic E-state index is 12.6. The maximum atomic E-state index is 12.6. The fraction of sp³-hybridized carbons (Fsp3) is 0.412. The molecule has 0 bridgehead atoms. The minimum absolute atomic E-state index is 0.0219. The first-order chi connectivity index (χ1) is 11.2. The van der Waals surface area contributed by atoms with E-state index < -0.39 is 0 Å². The predicted octanol–water partition coefficient (Wildman–Crippen LogP) is 1.87. The van der Waals surface area contributed by atoms with E-state index >= 15 is 0 Å². The molecule has 0 unspecified atom stereocenters. The first-order valence-electron chi connectivity index (χ1n) is 7.85. The van der Waals surface area contributed by atoms with Gasteiger partial charge in [0.1, 0.15) is 11.6 Å². The Labute approximate surface area is 135 Å². The summed E-state index contributed by atoms with van der Waals surface area (Å²) in [5.74, 6) is 1.47. The molecule has 1 fully saturated rings. The van der Waals surface area contributed by atoms with Crippen LogP contribution in [0.3, 0.4) is 0 Å². The van der Waals surface area contributed by atoms with Crippen LogP contribution in [-0.4, -0.2) is 43.2 Å². The summed E-state index contributed by atoms with van der Waals surface area (Å²) in [7, 11) is 0. The normalized spacial score (nSPS) is 16.1. The lowest BCUT2D eigenvalue weighted by atomic mass is 10.1. The number of aromatic nitrogens is 1. The van der Waals surface area contributed by atoms with Crippen LogP contribution >= 0.6 is 0 Å². The van der Waals surface area contributed by atoms with E-state index in [1.165, 1.54) is 0 Å². The second-order valence-electron chi connectivity index (χ2n) is 5.63. The van der Waals surface area contributed by atoms with Gasteiger partial charge in [-0.15, -0.1) is 0 Å². The number of hydrogen-bond donors (Lipinski definition) is 1. The highest BCUT2D eigenvalue weighted by atomic mass is 16.5. The predicted molar refractivity (Wildman–Crippen MR) is 86.6 cm³/mol. The summed E-state index contributed by atoms with van der Waals surface area (Å²) in [5.41, 5.74) is 0.598. The summed E-state index contributed by atoms with van der Waals surface area (Å²) in [6, 6.07) is 7.34. The summed E-state index contributed by atoms with van der Waals surface area (Å²) < 4.78 is 10.7. The molecule has 0 aliphatic carbocycles. The van der Waals surface area contributed by atoms with Crippen molar-refractivity contribution >= 4 is 11.7 Å². The number of anilines is 1. The average molecular weight is 315 g/mol. The summed E-state index contributed by atoms with van der Waals surface area (Å²) in [5, 5.41) is 3.02. The van der Waals surface area contributed by atoms with Crippen LogP contribution in [0.1, 0.15) is 23.0 Å². The Morgan fingerprint density at radius 3 is 2.91 bits per heavy atom. The minimum atomic E-state index is -0.112. The van der Waals surface area contributed by atoms with Crippen molar-refractivity contribution in [3.05, 3.63) is 48.0 Å². The second-order valence-corrected chi connectivity index (χ2v) is 5.63. The number of rotatable bonds is 5. The van der Waals surface area contributed by atoms with E-state index in [1.807, 2.05) is 25.1 Å². The van der Waals surface area contributed by atoms with Gasteiger partial charge in [-0.3, -0.25) is 4.79 Å². The highest BCUT2D eigenvalue weighted by molar-refractivity contribution is 5.99. The van der Waals surface area contributed by atoms with Crippen LogP contribution < -0.4 is 10.2 Å². The van der Waals surface area contributed by atoms with Gasteiger partial charge in [0.15, 0.2) is 0 Å². The van der Waals surface area contributed by atoms with Gasteiger partial charge in [-0.05, 0) is 31.2 Å². The van der Waals surface area contributed by atoms with Crippen LogP contribution in [0.4, 0.5) is 5.82 Å². The Bertz CT molecular complexity index is 636. The second kappa shape index (κ2) is 7.28. The number of carbonyl (C=O) groups excluding carboxylic acids is 1. The summed E-state index contributed by atoms with van der Waals surface area (Å²) in [6.45, 7) is 4.78. The Morgan fingerprint density at radius 2 is 2.17 bits per heavy atom. The first-order valence-corrected chi connectivity index (χ1v) is 7.85. The standard InChI is InChI=1S/C17H21N3O3/c1-13(12-14-4-3-9-23-14)19-17(21)15-5-2-6-18-16(15)20-7-10-22-11-8-20/h2-6,9,13H,7-8,10-12H2,1H3,(H,19,21)/t13-/m0/s1. The Balaban J connectivity index is 1.69. The highest BCUT2D eigenvalue weighted by Gasteiger charge is 2.21. The zero-order valence-electron chi connectivity index (χ0n) is 13.2. The van der Waals surface area contributed by atoms with E-state index in [1.54, 1.807) is 18.5 Å². The molecule has 6 heteroatoms. The summed E-state index contributed by atoms with van der Waals surface area (Å²) in [6.07, 6.45) is 4.02. The molecule has 0 radical (unpaired) electrons. The van der Waals surface area contributed by atoms with Crippen molar-refractivity contribution in [2.75, 3.05) is 31.2 Å². The number of carbonyl (C=O) groups is 1. The highest BCUT2D eigenvalue weighted by Crippen LogP contribution is 2.18. The van der Waals surface area contributed by atoms with Gasteiger partial charge >= 0.3 is 0 Å². The maximum Gasteiger partial charge on any atom is 0.255 e. The smallest absolute Gasteiger partial charge is 0.255 e. The first kappa shape index (κ1) is 15.6. The van der Waals surface area contributed by atoms with Crippen LogP contribution in [0.15, 0.2) is 41.1 Å². The molecular weight excluding hydrogens is 294 g/mol. The van der Waals surface area contributed by atoms with Gasteiger partial charge in [0.05, 0.1) is 25.0 Å². The zero-order valence-corrected chi connectivity index (χ0v) is 13.2. The molecule has 3 heterocycles. The van der Waals surface area contributed by atoms with E-state index in [0.717, 1.165) is 24.7 Å². The van der Waals surface area contributed by atoms with E-state index in [-0.39, 0.29) is 11.9 Å². The van der Waals surface area contributed by atoms with Gasteiger partial charge in [-0.25, -0.2) is 4.98 Å². The van der Waals surface area contributed by atoms with Gasteiger partial charge in [0, 0.05) is 31.7 Å². The third-order valence-corrected chi connectivity index (χ3v) is 3.81. The van der Waals surface area contributed by atoms with Crippen LogP contribution in [0.2, 0.25) is 0 Å². The van der Waals surface area contributed by atoms with Crippen LogP contribution in [0.5, 0.6) is 0 Å². The third-order valence-electron chi connectivity index (χ3n) is 3.81. The van der Waals surface area contributed by atoms with Gasteiger partial charge in [0.25, 0.3) is 5.91 Å². The number of nitrogens with zero attached hydrogens (tertiary/aromatic N) is 2. The molecule has 1 N–H and O–H groups in total. The fourth-order valence-corrected chi connectivity index (χ4v) is 2.68. The molecule has 0 aromatic carbocycles. The number of morpholine rings is 1. The van der Waals surface area contributed by atoms with E-state index in [4.69, 9.17) is 9.15 Å². The molecule has 2 aromatic heterocycles. The molecule has 1 amide bonds. The molecule has 23 heavy (non-hydrogen) atoms. The summed E-state index contributed by atoms with van der Waals surface area (Å²) >= 11 is 0. The summed E-state index contributed by atoms with van der Waals surface area (Å²) in [4.78, 5) is 19.1. The van der Waals surface area contributed by atoms with Crippen LogP contribution in [0, 0.1) is 0 Å². The van der Waals surface area contributed by atoms with Crippen molar-refractivity contribution in [3.63, 3.8) is 0 Å². The van der Waals surface area contributed by atoms with E-state index in [0.29, 0.717) is 25.2 Å². The quantitative estimate of drug-likeness (QED) is 0.912. The van der Waals surface area contributed by atoms with Gasteiger partial charge in [-0.2, -0.15) is 0 Å². The molecular formula is C17H21N3O3. The average Bonchev–Trinajstić information content (AvgIpc) is 3.08. The number of furan rings is 1. The number of pyridine rings is 1. The Morgan fingerprint density at radius 1 is 1.35 bits per heavy atom. The topological polar surface area (TPSA) is 67.6 Å². The largest absolute Gasteiger partial charge is 0.469 e. The Hall–Kier alpha value is -2.34. The number of hydrogen-bond acceptors (Lipinski definition) is 5. The molecule has 1 saturated heterocycles. The Kier molecular flexibility index (Phi) is 4.92. The molecule has 0 spiro atoms. The van der Waals surface area contributed by atoms with Gasteiger partial charge in [-0.1, -0.05) is 0 Å². The zero-order chi connectivity index (χ0) is 16.1. The molecule has 6 nitrogen and oxygen atoms in total. The van der Waals surface area contributed by atoms with Crippen molar-refractivity contribution in [3.8, 4) is 0 Å². The molecule has 2 aromatic rings. The number of nitrogens with one attached hydrogen (secondary N) is 1. The molecule has 1 aliphatic rings. The van der Waals surface area contributed by atoms with Gasteiger partial charge < -0.3 is 19.4 Å². The van der Waals surface area contributed by atoms with Crippen molar-refractivity contribution < 1.29 is 13.9 Å². The minimum Gasteiger partial charge on any atom is -0.469 e. The molecule has 1 atom stereocenters. The lowest BCUT2D eigenvalue weighted by molar-refractivity contribution is 0.0937. The SMILES string of the molecule is C[C@@H](Cc1ccco1)NC(=O)c1cccnc1N1CCOCC1. The van der Waals surface area contributed by atoms with Crippen molar-refractivity contribution in [2.45, 2.75) is 19.4 Å². The number of ether oxygens (including phenoxy) is 1. The lowest BCUT2D eigenvalue weighted by Gasteiger charge is -2.29. The van der Waals surface area contributed by atoms with Crippen LogP contribution in [0.25, 0.3) is 0 Å². The third kappa shape index (κ3) is 3.90. The van der Waals surface area contributed by atoms with Crippen LogP contribution in [-0.2, 0) is 11.2 Å². The fourth-order valence-electron chi connectivity index (χ4n) is 2.68. The van der Waals surface area contributed by atoms with Crippen molar-refractivity contribution in [1.29, 1.82) is 0 Å². The van der Waals surface area contributed by atoms with E-state index in [2.05, 4.69) is 15.2 Å². The monoisotopic (exact) mass is 315 g/mol. The van der Waals surface area contributed by atoms with Crippen molar-refractivity contribution in [2.24, 2.45) is 0 Å². The lowest BCUT2D eigenvalue weighted by Crippen LogP contribution is -2.39. The van der Waals surface area contributed by atoms with Gasteiger partial charge in [0.2, 0.25) is 0 Å². The molecule has 122 valence electrons. The number of amides is 1. The molecule has 3 rings (SSSR count). The molecule has 0 saturated carbocycles. The molecule has 1 aliphatic heterocycles. The van der Waals surface area contributed by atoms with E-state index in [9.17, 15) is 4.79 Å².